The van der Waals surface area contributed by atoms with Gasteiger partial charge in [0.15, 0.2) is 0 Å². The van der Waals surface area contributed by atoms with Gasteiger partial charge in [-0.05, 0) is 50.3 Å². The Bertz CT molecular complexity index is 625. The summed E-state index contributed by atoms with van der Waals surface area (Å²) in [5.41, 5.74) is 6.64. The first-order valence-electron chi connectivity index (χ1n) is 7.25. The van der Waals surface area contributed by atoms with E-state index in [0.717, 1.165) is 25.7 Å². The fourth-order valence-corrected chi connectivity index (χ4v) is 3.25. The third-order valence-electron chi connectivity index (χ3n) is 4.36. The molecule has 0 saturated heterocycles. The molecule has 0 amide bonds. The molecule has 0 unspecified atom stereocenters. The number of nitrogens with two attached hydrogens (primary N) is 1. The Morgan fingerprint density at radius 3 is 2.43 bits per heavy atom. The molecule has 1 fully saturated rings. The van der Waals surface area contributed by atoms with Crippen molar-refractivity contribution >= 4 is 11.0 Å². The van der Waals surface area contributed by atoms with E-state index in [4.69, 9.17) is 5.73 Å². The molecule has 0 radical (unpaired) electrons. The van der Waals surface area contributed by atoms with E-state index in [0.29, 0.717) is 23.5 Å². The van der Waals surface area contributed by atoms with Crippen LogP contribution in [0.15, 0.2) is 24.3 Å². The lowest BCUT2D eigenvalue weighted by molar-refractivity contribution is -0.147. The number of halogens is 3. The summed E-state index contributed by atoms with van der Waals surface area (Å²) < 4.78 is 41.2. The molecule has 0 aliphatic heterocycles. The number of para-hydroxylation sites is 2. The average molecular weight is 297 g/mol. The van der Waals surface area contributed by atoms with Gasteiger partial charge in [0.1, 0.15) is 0 Å². The molecule has 2 N–H and O–H groups in total. The lowest BCUT2D eigenvalue weighted by atomic mass is 9.86. The summed E-state index contributed by atoms with van der Waals surface area (Å²) in [4.78, 5) is 3.81. The summed E-state index contributed by atoms with van der Waals surface area (Å²) in [5.74, 6) is -0.342. The van der Waals surface area contributed by atoms with Gasteiger partial charge in [-0.25, -0.2) is 4.98 Å². The number of imidazole rings is 1. The van der Waals surface area contributed by atoms with E-state index in [2.05, 4.69) is 4.98 Å². The van der Waals surface area contributed by atoms with Crippen LogP contribution in [0.2, 0.25) is 0 Å². The number of aromatic nitrogens is 2. The summed E-state index contributed by atoms with van der Waals surface area (Å²) in [6, 6.07) is 6.67. The van der Waals surface area contributed by atoms with Crippen molar-refractivity contribution in [3.63, 3.8) is 0 Å². The summed E-state index contributed by atoms with van der Waals surface area (Å²) in [7, 11) is 0. The highest BCUT2D eigenvalue weighted by Crippen LogP contribution is 2.39. The number of rotatable bonds is 2. The van der Waals surface area contributed by atoms with E-state index in [-0.39, 0.29) is 6.04 Å². The predicted molar refractivity (Wildman–Crippen MR) is 74.8 cm³/mol. The van der Waals surface area contributed by atoms with Crippen LogP contribution in [-0.4, -0.2) is 16.1 Å². The van der Waals surface area contributed by atoms with E-state index >= 15 is 0 Å². The van der Waals surface area contributed by atoms with Crippen LogP contribution < -0.4 is 5.73 Å². The zero-order chi connectivity index (χ0) is 15.0. The van der Waals surface area contributed by atoms with E-state index < -0.39 is 12.0 Å². The standard InChI is InChI=1S/C15H18F3N3/c16-15(17,18)14-20-12-3-1-2-4-13(12)21(14)11-7-5-10(9-19)6-8-11/h1-4,10-11H,5-9,19H2. The highest BCUT2D eigenvalue weighted by molar-refractivity contribution is 5.76. The largest absolute Gasteiger partial charge is 0.449 e. The molecule has 0 bridgehead atoms. The van der Waals surface area contributed by atoms with Crippen LogP contribution >= 0.6 is 0 Å². The van der Waals surface area contributed by atoms with Crippen molar-refractivity contribution in [1.82, 2.24) is 9.55 Å². The molecule has 1 heterocycles. The molecule has 1 saturated carbocycles. The van der Waals surface area contributed by atoms with Gasteiger partial charge in [-0.2, -0.15) is 13.2 Å². The van der Waals surface area contributed by atoms with Gasteiger partial charge in [0.05, 0.1) is 11.0 Å². The zero-order valence-electron chi connectivity index (χ0n) is 11.6. The highest BCUT2D eigenvalue weighted by atomic mass is 19.4. The van der Waals surface area contributed by atoms with E-state index in [9.17, 15) is 13.2 Å². The Labute approximate surface area is 121 Å². The van der Waals surface area contributed by atoms with E-state index in [1.807, 2.05) is 0 Å². The third-order valence-corrected chi connectivity index (χ3v) is 4.36. The Morgan fingerprint density at radius 2 is 1.81 bits per heavy atom. The fourth-order valence-electron chi connectivity index (χ4n) is 3.25. The van der Waals surface area contributed by atoms with Crippen molar-refractivity contribution in [2.75, 3.05) is 6.54 Å². The molecule has 2 aromatic rings. The molecular weight excluding hydrogens is 279 g/mol. The lowest BCUT2D eigenvalue weighted by Gasteiger charge is -2.30. The number of hydrogen-bond donors (Lipinski definition) is 1. The lowest BCUT2D eigenvalue weighted by Crippen LogP contribution is -2.26. The number of fused-ring (bicyclic) bond motifs is 1. The molecule has 0 spiro atoms. The summed E-state index contributed by atoms with van der Waals surface area (Å²) in [6.45, 7) is 0.615. The third kappa shape index (κ3) is 2.64. The van der Waals surface area contributed by atoms with Crippen LogP contribution in [0.25, 0.3) is 11.0 Å². The monoisotopic (exact) mass is 297 g/mol. The van der Waals surface area contributed by atoms with E-state index in [1.54, 1.807) is 24.3 Å². The molecule has 6 heteroatoms. The van der Waals surface area contributed by atoms with Crippen LogP contribution in [0.4, 0.5) is 13.2 Å². The molecular formula is C15H18F3N3. The molecule has 3 rings (SSSR count). The van der Waals surface area contributed by atoms with Crippen molar-refractivity contribution in [1.29, 1.82) is 0 Å². The predicted octanol–water partition coefficient (Wildman–Crippen LogP) is 3.75. The molecule has 3 nitrogen and oxygen atoms in total. The second-order valence-corrected chi connectivity index (χ2v) is 5.70. The average Bonchev–Trinajstić information content (AvgIpc) is 2.87. The van der Waals surface area contributed by atoms with Gasteiger partial charge in [-0.1, -0.05) is 12.1 Å². The molecule has 1 aliphatic carbocycles. The first-order chi connectivity index (χ1) is 10.0. The maximum absolute atomic E-state index is 13.3. The Morgan fingerprint density at radius 1 is 1.14 bits per heavy atom. The van der Waals surface area contributed by atoms with Crippen LogP contribution in [0.1, 0.15) is 37.5 Å². The van der Waals surface area contributed by atoms with Gasteiger partial charge in [0.25, 0.3) is 0 Å². The summed E-state index contributed by atoms with van der Waals surface area (Å²) in [6.07, 6.45) is -1.21. The molecule has 1 aromatic heterocycles. The minimum Gasteiger partial charge on any atom is -0.330 e. The molecule has 1 aliphatic rings. The number of hydrogen-bond acceptors (Lipinski definition) is 2. The van der Waals surface area contributed by atoms with Crippen molar-refractivity contribution in [3.05, 3.63) is 30.1 Å². The van der Waals surface area contributed by atoms with E-state index in [1.165, 1.54) is 4.57 Å². The maximum Gasteiger partial charge on any atom is 0.449 e. The SMILES string of the molecule is NCC1CCC(n2c(C(F)(F)F)nc3ccccc32)CC1. The van der Waals surface area contributed by atoms with Crippen LogP contribution in [-0.2, 0) is 6.18 Å². The van der Waals surface area contributed by atoms with Crippen molar-refractivity contribution in [2.24, 2.45) is 11.7 Å². The van der Waals surface area contributed by atoms with Crippen LogP contribution in [0, 0.1) is 5.92 Å². The number of benzene rings is 1. The quantitative estimate of drug-likeness (QED) is 0.917. The smallest absolute Gasteiger partial charge is 0.330 e. The Kier molecular flexibility index (Phi) is 3.65. The number of alkyl halides is 3. The van der Waals surface area contributed by atoms with Crippen molar-refractivity contribution in [3.8, 4) is 0 Å². The second-order valence-electron chi connectivity index (χ2n) is 5.70. The number of nitrogens with zero attached hydrogens (tertiary/aromatic N) is 2. The molecule has 1 aromatic carbocycles. The first-order valence-corrected chi connectivity index (χ1v) is 7.25. The van der Waals surface area contributed by atoms with Crippen molar-refractivity contribution < 1.29 is 13.2 Å². The summed E-state index contributed by atoms with van der Waals surface area (Å²) >= 11 is 0. The van der Waals surface area contributed by atoms with Gasteiger partial charge in [-0.3, -0.25) is 0 Å². The molecule has 114 valence electrons. The Hall–Kier alpha value is -1.56. The molecule has 0 atom stereocenters. The van der Waals surface area contributed by atoms with Gasteiger partial charge >= 0.3 is 6.18 Å². The van der Waals surface area contributed by atoms with Gasteiger partial charge in [0.2, 0.25) is 5.82 Å². The highest BCUT2D eigenvalue weighted by Gasteiger charge is 2.39. The maximum atomic E-state index is 13.3. The van der Waals surface area contributed by atoms with Gasteiger partial charge in [0, 0.05) is 6.04 Å². The summed E-state index contributed by atoms with van der Waals surface area (Å²) in [5, 5.41) is 0. The topological polar surface area (TPSA) is 43.8 Å². The minimum atomic E-state index is -4.43. The first kappa shape index (κ1) is 14.4. The van der Waals surface area contributed by atoms with Crippen LogP contribution in [0.5, 0.6) is 0 Å². The Balaban J connectivity index is 2.04. The second kappa shape index (κ2) is 5.33. The van der Waals surface area contributed by atoms with Gasteiger partial charge in [-0.15, -0.1) is 0 Å². The van der Waals surface area contributed by atoms with Crippen LogP contribution in [0.3, 0.4) is 0 Å². The van der Waals surface area contributed by atoms with Crippen molar-refractivity contribution in [2.45, 2.75) is 37.9 Å². The minimum absolute atomic E-state index is 0.142. The fraction of sp³-hybridized carbons (Fsp3) is 0.533. The van der Waals surface area contributed by atoms with Gasteiger partial charge < -0.3 is 10.3 Å². The zero-order valence-corrected chi connectivity index (χ0v) is 11.6. The molecule has 21 heavy (non-hydrogen) atoms. The normalized spacial score (nSPS) is 23.6.